The largest absolute Gasteiger partial charge is 2.00 e. The van der Waals surface area contributed by atoms with Gasteiger partial charge in [-0.2, -0.15) is 0 Å². The van der Waals surface area contributed by atoms with E-state index >= 15 is 0 Å². The van der Waals surface area contributed by atoms with Gasteiger partial charge in [0.2, 0.25) is 0 Å². The van der Waals surface area contributed by atoms with Crippen LogP contribution in [-0.2, 0) is 42.1 Å². The van der Waals surface area contributed by atoms with E-state index in [2.05, 4.69) is 182 Å². The minimum absolute atomic E-state index is 0. The topological polar surface area (TPSA) is 40.5 Å². The molecule has 0 bridgehead atoms. The molecule has 2 atom stereocenters. The summed E-state index contributed by atoms with van der Waals surface area (Å²) >= 11 is 9.53. The van der Waals surface area contributed by atoms with Crippen LogP contribution in [0.15, 0.2) is 182 Å². The molecule has 79 heavy (non-hydrogen) atoms. The number of hydrogen-bond acceptors (Lipinski definition) is 2. The zero-order valence-electron chi connectivity index (χ0n) is 42.4. The summed E-state index contributed by atoms with van der Waals surface area (Å²) in [5.41, 5.74) is -2.00. The van der Waals surface area contributed by atoms with Crippen LogP contribution < -0.4 is 31.8 Å². The van der Waals surface area contributed by atoms with E-state index in [4.69, 9.17) is 46.3 Å². The van der Waals surface area contributed by atoms with Gasteiger partial charge in [0.25, 0.3) is 0 Å². The molecule has 0 spiro atoms. The van der Waals surface area contributed by atoms with Gasteiger partial charge < -0.3 is 34.9 Å². The Morgan fingerprint density at radius 1 is 0.380 bits per heavy atom. The molecule has 0 aromatic heterocycles. The van der Waals surface area contributed by atoms with Crippen LogP contribution in [0.2, 0.25) is 0 Å². The number of halogens is 12. The molecule has 2 unspecified atom stereocenters. The molecular weight excluding hydrogens is 1480 g/mol. The number of aliphatic hydroxyl groups is 2. The molecule has 8 rings (SSSR count). The molecule has 0 aliphatic heterocycles. The minimum Gasteiger partial charge on any atom is -0.691 e. The van der Waals surface area contributed by atoms with Crippen molar-refractivity contribution in [3.8, 4) is 11.8 Å². The Morgan fingerprint density at radius 2 is 0.532 bits per heavy atom. The third kappa shape index (κ3) is 25.9. The molecule has 0 saturated carbocycles. The molecule has 8 aromatic carbocycles. The van der Waals surface area contributed by atoms with Crippen LogP contribution in [0.5, 0.6) is 0 Å². The minimum atomic E-state index is -2.17. The van der Waals surface area contributed by atoms with Crippen molar-refractivity contribution in [2.75, 3.05) is 5.34 Å². The van der Waals surface area contributed by atoms with E-state index in [-0.39, 0.29) is 47.5 Å². The quantitative estimate of drug-likeness (QED) is 0.0303. The van der Waals surface area contributed by atoms with E-state index in [1.54, 1.807) is 13.8 Å². The van der Waals surface area contributed by atoms with E-state index in [0.717, 1.165) is 12.1 Å². The predicted octanol–water partition coefficient (Wildman–Crippen LogP) is 14.1. The number of hydrogen-bond donors (Lipinski definition) is 2. The van der Waals surface area contributed by atoms with Crippen molar-refractivity contribution in [2.45, 2.75) is 51.7 Å². The van der Waals surface area contributed by atoms with Crippen LogP contribution in [0.4, 0.5) is 43.9 Å². The van der Waals surface area contributed by atoms with Gasteiger partial charge in [-0.3, -0.25) is 17.6 Å². The Hall–Kier alpha value is -5.08. The molecular formula is C61H50Cl2F10O2P2Pt2. The fraction of sp³-hybridized carbons (Fsp3) is 0.148. The van der Waals surface area contributed by atoms with Crippen LogP contribution in [-0.4, -0.2) is 26.8 Å². The van der Waals surface area contributed by atoms with Crippen molar-refractivity contribution < 1.29 is 96.2 Å². The number of rotatable bonds is 8. The molecule has 2 N–H and O–H groups in total. The Morgan fingerprint density at radius 3 is 0.646 bits per heavy atom. The summed E-state index contributed by atoms with van der Waals surface area (Å²) in [6, 6.07) is 66.7. The van der Waals surface area contributed by atoms with Crippen LogP contribution in [0.1, 0.15) is 40.5 Å². The van der Waals surface area contributed by atoms with Crippen LogP contribution in [0, 0.1) is 95.0 Å². The summed E-state index contributed by atoms with van der Waals surface area (Å²) in [7, 11) is -0.892. The van der Waals surface area contributed by atoms with Gasteiger partial charge in [0.05, 0.1) is 74.7 Å². The Bertz CT molecular complexity index is 2590. The summed E-state index contributed by atoms with van der Waals surface area (Å²) in [5.74, 6) is -16.1. The van der Waals surface area contributed by atoms with Gasteiger partial charge >= 0.3 is 42.1 Å². The average Bonchev–Trinajstić information content (AvgIpc) is 3.46. The zero-order valence-corrected chi connectivity index (χ0v) is 50.2. The van der Waals surface area contributed by atoms with Gasteiger partial charge in [0.1, 0.15) is 0 Å². The first-order chi connectivity index (χ1) is 36.6. The van der Waals surface area contributed by atoms with Crippen molar-refractivity contribution in [3.63, 3.8) is 0 Å². The first kappa shape index (κ1) is 73.9. The van der Waals surface area contributed by atoms with E-state index < -0.39 is 85.2 Å². The third-order valence-electron chi connectivity index (χ3n) is 9.98. The molecule has 0 aliphatic carbocycles. The van der Waals surface area contributed by atoms with E-state index in [9.17, 15) is 43.9 Å². The summed E-state index contributed by atoms with van der Waals surface area (Å²) in [6.07, 6.45) is 14.1. The van der Waals surface area contributed by atoms with Gasteiger partial charge in [0, 0.05) is 0 Å². The third-order valence-corrected chi connectivity index (χ3v) is 14.9. The van der Waals surface area contributed by atoms with Crippen molar-refractivity contribution >= 4 is 70.9 Å². The normalized spacial score (nSPS) is 11.3. The molecule has 2 nitrogen and oxygen atoms in total. The maximum atomic E-state index is 12.0. The summed E-state index contributed by atoms with van der Waals surface area (Å²) in [4.78, 5) is 0. The SMILES string of the molecule is ClCCl.Fc1[c-]c(F)c(F)c(F)c1F.Fc1[c-]c(F)c(F)c(F)c1F.[C-]#CC(C)(O)CC.[C-]#CC(C)(O)CC.[Pt+2].[Pt+2].c1ccc(P(c2ccccc2)c2ccccc2)cc1.c1ccc(P(c2ccccc2)c2ccccc2)cc1. The fourth-order valence-electron chi connectivity index (χ4n) is 5.52. The first-order valence-electron chi connectivity index (χ1n) is 22.8. The maximum Gasteiger partial charge on any atom is 2.00 e. The average molecular weight is 1530 g/mol. The molecule has 0 fully saturated rings. The van der Waals surface area contributed by atoms with Crippen molar-refractivity contribution in [3.05, 3.63) is 265 Å². The maximum absolute atomic E-state index is 12.0. The predicted molar refractivity (Wildman–Crippen MR) is 293 cm³/mol. The second kappa shape index (κ2) is 39.3. The fourth-order valence-corrected chi connectivity index (χ4v) is 10.1. The second-order valence-electron chi connectivity index (χ2n) is 15.7. The van der Waals surface area contributed by atoms with Gasteiger partial charge in [-0.15, -0.1) is 35.3 Å². The van der Waals surface area contributed by atoms with E-state index in [1.165, 1.54) is 31.8 Å². The standard InChI is InChI=1S/2C18H15P.2C6F5.2C6H9O.CH2Cl2.2Pt/c2*1-4-10-16(11-5-1)19(17-12-6-2-7-13-17)18-14-8-3-9-15-18;2*7-2-1-3(8)5(10)6(11)4(2)9;2*1-4-6(3,7)5-2;2-1-3;;/h2*1-15H;;;2*7H,4H2,1,3H3;1H2;;/q;;4*-1;;2*+2. The van der Waals surface area contributed by atoms with Crippen LogP contribution >= 0.6 is 39.0 Å². The molecule has 0 aliphatic rings. The van der Waals surface area contributed by atoms with Crippen molar-refractivity contribution in [1.29, 1.82) is 0 Å². The van der Waals surface area contributed by atoms with Crippen LogP contribution in [0.3, 0.4) is 0 Å². The Kier molecular flexibility index (Phi) is 36.8. The molecule has 0 heterocycles. The smallest absolute Gasteiger partial charge is 0.691 e. The first-order valence-corrected chi connectivity index (χ1v) is 26.6. The second-order valence-corrected chi connectivity index (χ2v) is 20.9. The van der Waals surface area contributed by atoms with Gasteiger partial charge in [0.15, 0.2) is 0 Å². The van der Waals surface area contributed by atoms with Crippen molar-refractivity contribution in [2.24, 2.45) is 0 Å². The molecule has 0 radical (unpaired) electrons. The molecule has 420 valence electrons. The van der Waals surface area contributed by atoms with Gasteiger partial charge in [-0.05, 0) is 74.4 Å². The van der Waals surface area contributed by atoms with Gasteiger partial charge in [-0.25, -0.2) is 26.3 Å². The number of benzene rings is 8. The molecule has 8 aromatic rings. The monoisotopic (exact) mass is 1530 g/mol. The Balaban J connectivity index is 0.000000949. The summed E-state index contributed by atoms with van der Waals surface area (Å²) < 4.78 is 120. The van der Waals surface area contributed by atoms with E-state index in [1.807, 2.05) is 25.7 Å². The van der Waals surface area contributed by atoms with Gasteiger partial charge in [-0.1, -0.05) is 196 Å². The molecule has 0 amide bonds. The van der Waals surface area contributed by atoms with E-state index in [0.29, 0.717) is 12.8 Å². The summed E-state index contributed by atoms with van der Waals surface area (Å²) in [6.45, 7) is 6.73. The van der Waals surface area contributed by atoms with Crippen molar-refractivity contribution in [1.82, 2.24) is 0 Å². The van der Waals surface area contributed by atoms with Crippen LogP contribution in [0.25, 0.3) is 0 Å². The molecule has 18 heteroatoms. The number of alkyl halides is 2. The summed E-state index contributed by atoms with van der Waals surface area (Å²) in [5, 5.41) is 26.2. The Labute approximate surface area is 497 Å². The molecule has 0 saturated heterocycles. The zero-order chi connectivity index (χ0) is 57.6.